The lowest BCUT2D eigenvalue weighted by Crippen LogP contribution is -2.20. The predicted molar refractivity (Wildman–Crippen MR) is 65.3 cm³/mol. The number of aliphatic hydroxyl groups is 1. The molecule has 1 aliphatic carbocycles. The van der Waals surface area contributed by atoms with Crippen molar-refractivity contribution in [2.45, 2.75) is 31.9 Å². The number of aliphatic hydroxyl groups excluding tert-OH is 1. The van der Waals surface area contributed by atoms with Gasteiger partial charge in [-0.15, -0.1) is 0 Å². The lowest BCUT2D eigenvalue weighted by molar-refractivity contribution is -0.385. The summed E-state index contributed by atoms with van der Waals surface area (Å²) in [5.41, 5.74) is -2.70. The fraction of sp³-hybridized carbons (Fsp3) is 0.538. The summed E-state index contributed by atoms with van der Waals surface area (Å²) in [6, 6.07) is 2.54. The highest BCUT2D eigenvalue weighted by atomic mass is 19.4. The smallest absolute Gasteiger partial charge is 0.395 e. The summed E-state index contributed by atoms with van der Waals surface area (Å²) in [6.45, 7) is 3.29. The molecule has 7 heteroatoms. The standard InChI is InChI=1S/C13H14F3NO3/c1-11(2)6-12(11,7-18)8-3-9(13(14,15)16)5-10(4-8)17(19)20/h3-5,18H,6-7H2,1-2H3. The number of hydrogen-bond acceptors (Lipinski definition) is 3. The van der Waals surface area contributed by atoms with Crippen LogP contribution in [0, 0.1) is 15.5 Å². The van der Waals surface area contributed by atoms with Crippen LogP contribution >= 0.6 is 0 Å². The Hall–Kier alpha value is -1.63. The van der Waals surface area contributed by atoms with Gasteiger partial charge in [0, 0.05) is 17.5 Å². The van der Waals surface area contributed by atoms with Crippen LogP contribution in [0.15, 0.2) is 18.2 Å². The van der Waals surface area contributed by atoms with E-state index in [4.69, 9.17) is 0 Å². The van der Waals surface area contributed by atoms with Crippen LogP contribution in [0.2, 0.25) is 0 Å². The fourth-order valence-corrected chi connectivity index (χ4v) is 2.72. The van der Waals surface area contributed by atoms with E-state index in [0.29, 0.717) is 12.5 Å². The van der Waals surface area contributed by atoms with E-state index >= 15 is 0 Å². The van der Waals surface area contributed by atoms with E-state index < -0.39 is 27.8 Å². The number of nitro groups is 1. The third-order valence-electron chi connectivity index (χ3n) is 4.19. The predicted octanol–water partition coefficient (Wildman–Crippen LogP) is 3.27. The zero-order chi connectivity index (χ0) is 15.3. The summed E-state index contributed by atoms with van der Waals surface area (Å²) in [5.74, 6) is 0. The van der Waals surface area contributed by atoms with Crippen molar-refractivity contribution >= 4 is 5.69 Å². The molecule has 2 rings (SSSR count). The number of nitro benzene ring substituents is 1. The van der Waals surface area contributed by atoms with E-state index in [2.05, 4.69) is 0 Å². The average Bonchev–Trinajstić information content (AvgIpc) is 2.91. The number of rotatable bonds is 3. The Morgan fingerprint density at radius 1 is 1.35 bits per heavy atom. The number of nitrogens with zero attached hydrogens (tertiary/aromatic N) is 1. The van der Waals surface area contributed by atoms with Gasteiger partial charge >= 0.3 is 6.18 Å². The van der Waals surface area contributed by atoms with Gasteiger partial charge in [-0.1, -0.05) is 13.8 Å². The Bertz CT molecular complexity index is 568. The van der Waals surface area contributed by atoms with Gasteiger partial charge in [0.2, 0.25) is 0 Å². The van der Waals surface area contributed by atoms with Gasteiger partial charge < -0.3 is 5.11 Å². The first kappa shape index (κ1) is 14.8. The number of non-ortho nitro benzene ring substituents is 1. The summed E-state index contributed by atoms with van der Waals surface area (Å²) < 4.78 is 38.5. The molecule has 0 amide bonds. The van der Waals surface area contributed by atoms with Crippen molar-refractivity contribution in [1.29, 1.82) is 0 Å². The Morgan fingerprint density at radius 3 is 2.25 bits per heavy atom. The molecular formula is C13H14F3NO3. The number of benzene rings is 1. The highest BCUT2D eigenvalue weighted by Gasteiger charge is 2.62. The van der Waals surface area contributed by atoms with Crippen molar-refractivity contribution in [3.05, 3.63) is 39.4 Å². The van der Waals surface area contributed by atoms with Gasteiger partial charge in [-0.05, 0) is 23.5 Å². The average molecular weight is 289 g/mol. The minimum Gasteiger partial charge on any atom is -0.395 e. The van der Waals surface area contributed by atoms with E-state index in [1.54, 1.807) is 0 Å². The molecule has 4 nitrogen and oxygen atoms in total. The van der Waals surface area contributed by atoms with Crippen LogP contribution in [0.3, 0.4) is 0 Å². The van der Waals surface area contributed by atoms with Crippen molar-refractivity contribution in [1.82, 2.24) is 0 Å². The van der Waals surface area contributed by atoms with Crippen LogP contribution in [0.1, 0.15) is 31.4 Å². The number of alkyl halides is 3. The summed E-state index contributed by atoms with van der Waals surface area (Å²) in [5, 5.41) is 20.3. The number of halogens is 3. The van der Waals surface area contributed by atoms with E-state index in [-0.39, 0.29) is 17.6 Å². The maximum atomic E-state index is 12.8. The monoisotopic (exact) mass is 289 g/mol. The molecule has 110 valence electrons. The lowest BCUT2D eigenvalue weighted by Gasteiger charge is -2.19. The first-order valence-electron chi connectivity index (χ1n) is 6.01. The summed E-state index contributed by atoms with van der Waals surface area (Å²) in [4.78, 5) is 9.96. The summed E-state index contributed by atoms with van der Waals surface area (Å²) in [6.07, 6.45) is -4.16. The van der Waals surface area contributed by atoms with Crippen LogP contribution in [0.4, 0.5) is 18.9 Å². The number of hydrogen-bond donors (Lipinski definition) is 1. The van der Waals surface area contributed by atoms with Gasteiger partial charge in [0.15, 0.2) is 0 Å². The first-order valence-corrected chi connectivity index (χ1v) is 6.01. The molecule has 0 saturated heterocycles. The van der Waals surface area contributed by atoms with Crippen molar-refractivity contribution in [2.75, 3.05) is 6.61 Å². The molecule has 1 aromatic carbocycles. The Morgan fingerprint density at radius 2 is 1.90 bits per heavy atom. The molecule has 0 aromatic heterocycles. The molecule has 1 aliphatic rings. The SMILES string of the molecule is CC1(C)CC1(CO)c1cc([N+](=O)[O-])cc(C(F)(F)F)c1. The topological polar surface area (TPSA) is 63.4 Å². The van der Waals surface area contributed by atoms with E-state index in [1.165, 1.54) is 0 Å². The van der Waals surface area contributed by atoms with Crippen molar-refractivity contribution in [3.8, 4) is 0 Å². The highest BCUT2D eigenvalue weighted by molar-refractivity contribution is 5.48. The molecule has 1 fully saturated rings. The molecule has 1 saturated carbocycles. The minimum atomic E-state index is -4.66. The first-order chi connectivity index (χ1) is 9.03. The molecule has 0 heterocycles. The second kappa shape index (κ2) is 4.18. The maximum Gasteiger partial charge on any atom is 0.416 e. The summed E-state index contributed by atoms with van der Waals surface area (Å²) in [7, 11) is 0. The van der Waals surface area contributed by atoms with Gasteiger partial charge in [0.25, 0.3) is 5.69 Å². The van der Waals surface area contributed by atoms with E-state index in [0.717, 1.165) is 12.1 Å². The third-order valence-corrected chi connectivity index (χ3v) is 4.19. The van der Waals surface area contributed by atoms with Gasteiger partial charge in [0.05, 0.1) is 17.1 Å². The van der Waals surface area contributed by atoms with E-state index in [1.807, 2.05) is 13.8 Å². The summed E-state index contributed by atoms with van der Waals surface area (Å²) >= 11 is 0. The molecule has 0 radical (unpaired) electrons. The van der Waals surface area contributed by atoms with Crippen LogP contribution in [0.25, 0.3) is 0 Å². The van der Waals surface area contributed by atoms with Gasteiger partial charge in [-0.2, -0.15) is 13.2 Å². The lowest BCUT2D eigenvalue weighted by atomic mass is 9.87. The highest BCUT2D eigenvalue weighted by Crippen LogP contribution is 2.64. The maximum absolute atomic E-state index is 12.8. The Balaban J connectivity index is 2.60. The molecule has 1 aromatic rings. The van der Waals surface area contributed by atoms with Crippen molar-refractivity contribution in [2.24, 2.45) is 5.41 Å². The normalized spacial score (nSPS) is 24.5. The van der Waals surface area contributed by atoms with Crippen LogP contribution in [-0.2, 0) is 11.6 Å². The molecule has 1 N–H and O–H groups in total. The third kappa shape index (κ3) is 2.15. The zero-order valence-electron chi connectivity index (χ0n) is 11.0. The van der Waals surface area contributed by atoms with Crippen molar-refractivity contribution in [3.63, 3.8) is 0 Å². The molecule has 0 bridgehead atoms. The van der Waals surface area contributed by atoms with Gasteiger partial charge in [-0.25, -0.2) is 0 Å². The van der Waals surface area contributed by atoms with E-state index in [9.17, 15) is 28.4 Å². The quantitative estimate of drug-likeness (QED) is 0.686. The molecular weight excluding hydrogens is 275 g/mol. The molecule has 1 unspecified atom stereocenters. The molecule has 0 spiro atoms. The molecule has 20 heavy (non-hydrogen) atoms. The fourth-order valence-electron chi connectivity index (χ4n) is 2.72. The second-order valence-electron chi connectivity index (χ2n) is 5.82. The van der Waals surface area contributed by atoms with Crippen LogP contribution in [-0.4, -0.2) is 16.6 Å². The Kier molecular flexibility index (Phi) is 3.09. The largest absolute Gasteiger partial charge is 0.416 e. The Labute approximate surface area is 113 Å². The van der Waals surface area contributed by atoms with Gasteiger partial charge in [0.1, 0.15) is 0 Å². The van der Waals surface area contributed by atoms with Crippen LogP contribution < -0.4 is 0 Å². The molecule has 0 aliphatic heterocycles. The zero-order valence-corrected chi connectivity index (χ0v) is 11.0. The minimum absolute atomic E-state index is 0.173. The van der Waals surface area contributed by atoms with Gasteiger partial charge in [-0.3, -0.25) is 10.1 Å². The van der Waals surface area contributed by atoms with Crippen LogP contribution in [0.5, 0.6) is 0 Å². The second-order valence-corrected chi connectivity index (χ2v) is 5.82. The van der Waals surface area contributed by atoms with Crippen molar-refractivity contribution < 1.29 is 23.2 Å². The molecule has 1 atom stereocenters.